The highest BCUT2D eigenvalue weighted by Crippen LogP contribution is 2.29. The third kappa shape index (κ3) is 4.71. The van der Waals surface area contributed by atoms with E-state index in [0.29, 0.717) is 5.92 Å². The van der Waals surface area contributed by atoms with Crippen molar-refractivity contribution >= 4 is 17.6 Å². The maximum absolute atomic E-state index is 12.4. The van der Waals surface area contributed by atoms with Crippen LogP contribution < -0.4 is 10.1 Å². The van der Waals surface area contributed by atoms with Gasteiger partial charge in [0.05, 0.1) is 17.6 Å². The number of benzene rings is 1. The molecule has 0 bridgehead atoms. The Morgan fingerprint density at radius 1 is 1.31 bits per heavy atom. The summed E-state index contributed by atoms with van der Waals surface area (Å²) in [5, 5.41) is 14.2. The molecule has 26 heavy (non-hydrogen) atoms. The first-order chi connectivity index (χ1) is 12.3. The van der Waals surface area contributed by atoms with Crippen LogP contribution >= 0.6 is 0 Å². The number of ether oxygens (including phenoxy) is 2. The van der Waals surface area contributed by atoms with Crippen molar-refractivity contribution in [1.82, 2.24) is 5.32 Å². The molecule has 1 saturated carbocycles. The Balaban J connectivity index is 2.09. The summed E-state index contributed by atoms with van der Waals surface area (Å²) in [6, 6.07) is 3.84. The maximum atomic E-state index is 12.4. The van der Waals surface area contributed by atoms with Gasteiger partial charge in [0.1, 0.15) is 0 Å². The van der Waals surface area contributed by atoms with E-state index in [1.807, 2.05) is 0 Å². The molecule has 8 heteroatoms. The summed E-state index contributed by atoms with van der Waals surface area (Å²) < 4.78 is 10.1. The van der Waals surface area contributed by atoms with E-state index in [9.17, 15) is 19.7 Å². The van der Waals surface area contributed by atoms with E-state index in [-0.39, 0.29) is 23.3 Å². The number of esters is 1. The highest BCUT2D eigenvalue weighted by molar-refractivity contribution is 5.90. The maximum Gasteiger partial charge on any atom is 0.338 e. The molecule has 1 N–H and O–H groups in total. The number of hydrogen-bond donors (Lipinski definition) is 1. The second-order valence-corrected chi connectivity index (χ2v) is 6.57. The Bertz CT molecular complexity index is 690. The number of carbonyl (C=O) groups excluding carboxylic acids is 2. The topological polar surface area (TPSA) is 108 Å². The summed E-state index contributed by atoms with van der Waals surface area (Å²) in [6.07, 6.45) is 3.34. The number of nitro groups is 1. The van der Waals surface area contributed by atoms with Crippen LogP contribution in [0.25, 0.3) is 0 Å². The zero-order chi connectivity index (χ0) is 19.3. The summed E-state index contributed by atoms with van der Waals surface area (Å²) in [5.74, 6) is -0.664. The van der Waals surface area contributed by atoms with Crippen LogP contribution in [0.3, 0.4) is 0 Å². The van der Waals surface area contributed by atoms with E-state index >= 15 is 0 Å². The molecule has 1 aliphatic carbocycles. The second-order valence-electron chi connectivity index (χ2n) is 6.57. The van der Waals surface area contributed by atoms with E-state index in [0.717, 1.165) is 25.3 Å². The van der Waals surface area contributed by atoms with Crippen molar-refractivity contribution in [2.45, 2.75) is 51.7 Å². The number of nitrogens with zero attached hydrogens (tertiary/aromatic N) is 1. The third-order valence-corrected chi connectivity index (χ3v) is 4.69. The fourth-order valence-electron chi connectivity index (χ4n) is 3.08. The van der Waals surface area contributed by atoms with Gasteiger partial charge < -0.3 is 14.8 Å². The molecule has 1 aliphatic rings. The Kier molecular flexibility index (Phi) is 6.54. The monoisotopic (exact) mass is 364 g/mol. The van der Waals surface area contributed by atoms with E-state index in [4.69, 9.17) is 4.74 Å². The first kappa shape index (κ1) is 19.7. The molecule has 3 atom stereocenters. The van der Waals surface area contributed by atoms with Gasteiger partial charge in [0.25, 0.3) is 5.91 Å². The fraction of sp³-hybridized carbons (Fsp3) is 0.556. The normalized spacial score (nSPS) is 20.7. The van der Waals surface area contributed by atoms with Crippen molar-refractivity contribution in [3.8, 4) is 5.75 Å². The van der Waals surface area contributed by atoms with Crippen LogP contribution in [0.5, 0.6) is 5.75 Å². The summed E-state index contributed by atoms with van der Waals surface area (Å²) in [6.45, 7) is 3.65. The Hall–Kier alpha value is -2.64. The average molecular weight is 364 g/mol. The summed E-state index contributed by atoms with van der Waals surface area (Å²) in [5.41, 5.74) is -0.349. The van der Waals surface area contributed by atoms with Gasteiger partial charge in [0, 0.05) is 12.1 Å². The Labute approximate surface area is 152 Å². The molecule has 1 fully saturated rings. The van der Waals surface area contributed by atoms with Crippen molar-refractivity contribution in [1.29, 1.82) is 0 Å². The molecule has 0 spiro atoms. The molecule has 0 saturated heterocycles. The van der Waals surface area contributed by atoms with Gasteiger partial charge >= 0.3 is 11.7 Å². The Morgan fingerprint density at radius 2 is 2.00 bits per heavy atom. The standard InChI is InChI=1S/C18H24N2O6/c1-11-6-4-5-7-14(11)19-17(21)12(2)26-16-9-8-13(18(22)25-3)10-15(16)20(23)24/h8-12,14H,4-7H2,1-3H3,(H,19,21)/t11-,12-,14-/m1/s1. The summed E-state index contributed by atoms with van der Waals surface area (Å²) in [7, 11) is 1.19. The van der Waals surface area contributed by atoms with Crippen molar-refractivity contribution in [2.75, 3.05) is 7.11 Å². The van der Waals surface area contributed by atoms with E-state index < -0.39 is 22.7 Å². The molecule has 1 aromatic carbocycles. The molecule has 0 heterocycles. The van der Waals surface area contributed by atoms with Crippen LogP contribution in [-0.2, 0) is 9.53 Å². The second kappa shape index (κ2) is 8.64. The van der Waals surface area contributed by atoms with Crippen LogP contribution in [0, 0.1) is 16.0 Å². The number of methoxy groups -OCH3 is 1. The predicted octanol–water partition coefficient (Wildman–Crippen LogP) is 2.84. The molecular weight excluding hydrogens is 340 g/mol. The van der Waals surface area contributed by atoms with Crippen molar-refractivity contribution in [2.24, 2.45) is 5.92 Å². The molecule has 8 nitrogen and oxygen atoms in total. The van der Waals surface area contributed by atoms with Crippen molar-refractivity contribution < 1.29 is 24.0 Å². The van der Waals surface area contributed by atoms with Gasteiger partial charge in [0.15, 0.2) is 11.9 Å². The average Bonchev–Trinajstić information content (AvgIpc) is 2.62. The lowest BCUT2D eigenvalue weighted by Gasteiger charge is -2.30. The highest BCUT2D eigenvalue weighted by atomic mass is 16.6. The summed E-state index contributed by atoms with van der Waals surface area (Å²) in [4.78, 5) is 34.5. The van der Waals surface area contributed by atoms with Gasteiger partial charge in [0.2, 0.25) is 0 Å². The largest absolute Gasteiger partial charge is 0.474 e. The van der Waals surface area contributed by atoms with Crippen LogP contribution in [-0.4, -0.2) is 36.1 Å². The summed E-state index contributed by atoms with van der Waals surface area (Å²) >= 11 is 0. The zero-order valence-corrected chi connectivity index (χ0v) is 15.2. The number of hydrogen-bond acceptors (Lipinski definition) is 6. The minimum atomic E-state index is -0.896. The van der Waals surface area contributed by atoms with Crippen LogP contribution in [0.1, 0.15) is 49.9 Å². The number of nitrogens with one attached hydrogen (secondary N) is 1. The SMILES string of the molecule is COC(=O)c1ccc(O[C@H](C)C(=O)N[C@@H]2CCCC[C@H]2C)c([N+](=O)[O-])c1. The first-order valence-electron chi connectivity index (χ1n) is 8.67. The highest BCUT2D eigenvalue weighted by Gasteiger charge is 2.27. The molecule has 0 aromatic heterocycles. The molecule has 0 radical (unpaired) electrons. The van der Waals surface area contributed by atoms with Gasteiger partial charge in [-0.05, 0) is 37.8 Å². The number of amides is 1. The predicted molar refractivity (Wildman–Crippen MR) is 94.1 cm³/mol. The first-order valence-corrected chi connectivity index (χ1v) is 8.67. The molecule has 142 valence electrons. The van der Waals surface area contributed by atoms with Gasteiger partial charge in [-0.15, -0.1) is 0 Å². The van der Waals surface area contributed by atoms with Crippen molar-refractivity contribution in [3.05, 3.63) is 33.9 Å². The lowest BCUT2D eigenvalue weighted by Crippen LogP contribution is -2.46. The van der Waals surface area contributed by atoms with Gasteiger partial charge in [-0.2, -0.15) is 0 Å². The quantitative estimate of drug-likeness (QED) is 0.472. The smallest absolute Gasteiger partial charge is 0.338 e. The van der Waals surface area contributed by atoms with E-state index in [1.54, 1.807) is 6.92 Å². The molecule has 0 aliphatic heterocycles. The number of carbonyl (C=O) groups is 2. The minimum Gasteiger partial charge on any atom is -0.474 e. The number of nitro benzene ring substituents is 1. The minimum absolute atomic E-state index is 0.0414. The number of rotatable bonds is 6. The van der Waals surface area contributed by atoms with Crippen LogP contribution in [0.4, 0.5) is 5.69 Å². The van der Waals surface area contributed by atoms with Crippen molar-refractivity contribution in [3.63, 3.8) is 0 Å². The van der Waals surface area contributed by atoms with Gasteiger partial charge in [-0.3, -0.25) is 14.9 Å². The molecule has 1 aromatic rings. The lowest BCUT2D eigenvalue weighted by molar-refractivity contribution is -0.386. The molecule has 2 rings (SSSR count). The van der Waals surface area contributed by atoms with Gasteiger partial charge in [-0.1, -0.05) is 19.8 Å². The van der Waals surface area contributed by atoms with Gasteiger partial charge in [-0.25, -0.2) is 4.79 Å². The lowest BCUT2D eigenvalue weighted by atomic mass is 9.86. The van der Waals surface area contributed by atoms with E-state index in [1.165, 1.54) is 25.7 Å². The third-order valence-electron chi connectivity index (χ3n) is 4.69. The zero-order valence-electron chi connectivity index (χ0n) is 15.2. The van der Waals surface area contributed by atoms with Crippen LogP contribution in [0.2, 0.25) is 0 Å². The Morgan fingerprint density at radius 3 is 2.62 bits per heavy atom. The molecule has 1 amide bonds. The van der Waals surface area contributed by atoms with E-state index in [2.05, 4.69) is 17.0 Å². The molecule has 0 unspecified atom stereocenters. The fourth-order valence-corrected chi connectivity index (χ4v) is 3.08. The van der Waals surface area contributed by atoms with Crippen LogP contribution in [0.15, 0.2) is 18.2 Å². The molecular formula is C18H24N2O6.